The Morgan fingerprint density at radius 1 is 1.07 bits per heavy atom. The fraction of sp³-hybridized carbons (Fsp3) is 0.133. The quantitative estimate of drug-likeness (QED) is 0.599. The SMILES string of the molecule is O=C(COc1ccc([N+](=O)[O-])cc1[N+](=O)[O-])Nc1ccccc1C(F)(F)F. The van der Waals surface area contributed by atoms with Crippen LogP contribution >= 0.6 is 0 Å². The molecule has 0 saturated carbocycles. The van der Waals surface area contributed by atoms with Crippen LogP contribution in [0, 0.1) is 20.2 Å². The molecule has 0 saturated heterocycles. The Morgan fingerprint density at radius 2 is 1.74 bits per heavy atom. The van der Waals surface area contributed by atoms with E-state index in [1.54, 1.807) is 0 Å². The number of nitro groups is 2. The van der Waals surface area contributed by atoms with Crippen molar-refractivity contribution in [1.29, 1.82) is 0 Å². The van der Waals surface area contributed by atoms with Crippen molar-refractivity contribution < 1.29 is 32.5 Å². The van der Waals surface area contributed by atoms with Crippen LogP contribution in [-0.4, -0.2) is 22.4 Å². The summed E-state index contributed by atoms with van der Waals surface area (Å²) in [7, 11) is 0. The van der Waals surface area contributed by atoms with Crippen molar-refractivity contribution in [2.45, 2.75) is 6.18 Å². The number of ether oxygens (including phenoxy) is 1. The monoisotopic (exact) mass is 385 g/mol. The topological polar surface area (TPSA) is 125 Å². The van der Waals surface area contributed by atoms with Gasteiger partial charge in [0.1, 0.15) is 0 Å². The van der Waals surface area contributed by atoms with Crippen LogP contribution in [0.1, 0.15) is 5.56 Å². The molecule has 0 fully saturated rings. The average molecular weight is 385 g/mol. The van der Waals surface area contributed by atoms with Gasteiger partial charge in [0.2, 0.25) is 0 Å². The standard InChI is InChI=1S/C15H10F3N3O6/c16-15(17,18)10-3-1-2-4-11(10)19-14(22)8-27-13-6-5-9(20(23)24)7-12(13)21(25)26/h1-7H,8H2,(H,19,22). The molecule has 27 heavy (non-hydrogen) atoms. The number of non-ortho nitro benzene ring substituents is 1. The van der Waals surface area contributed by atoms with Gasteiger partial charge in [0.05, 0.1) is 27.2 Å². The Balaban J connectivity index is 2.13. The maximum atomic E-state index is 12.9. The van der Waals surface area contributed by atoms with Gasteiger partial charge in [0.15, 0.2) is 12.4 Å². The lowest BCUT2D eigenvalue weighted by Crippen LogP contribution is -2.22. The first-order valence-corrected chi connectivity index (χ1v) is 7.11. The zero-order chi connectivity index (χ0) is 20.2. The van der Waals surface area contributed by atoms with E-state index in [0.717, 1.165) is 30.3 Å². The number of anilines is 1. The number of alkyl halides is 3. The number of amides is 1. The van der Waals surface area contributed by atoms with Crippen LogP contribution in [0.25, 0.3) is 0 Å². The molecule has 12 heteroatoms. The molecule has 2 rings (SSSR count). The number of hydrogen-bond acceptors (Lipinski definition) is 6. The van der Waals surface area contributed by atoms with E-state index in [-0.39, 0.29) is 0 Å². The summed E-state index contributed by atoms with van der Waals surface area (Å²) in [6, 6.07) is 6.74. The van der Waals surface area contributed by atoms with Gasteiger partial charge in [-0.05, 0) is 18.2 Å². The zero-order valence-corrected chi connectivity index (χ0v) is 13.2. The second-order valence-electron chi connectivity index (χ2n) is 5.05. The molecule has 0 aromatic heterocycles. The van der Waals surface area contributed by atoms with Crippen molar-refractivity contribution in [3.8, 4) is 5.75 Å². The molecule has 2 aromatic rings. The van der Waals surface area contributed by atoms with Crippen LogP contribution in [0.5, 0.6) is 5.75 Å². The average Bonchev–Trinajstić information content (AvgIpc) is 2.59. The lowest BCUT2D eigenvalue weighted by atomic mass is 10.1. The van der Waals surface area contributed by atoms with Crippen LogP contribution in [0.4, 0.5) is 30.2 Å². The third-order valence-electron chi connectivity index (χ3n) is 3.22. The highest BCUT2D eigenvalue weighted by Crippen LogP contribution is 2.34. The maximum Gasteiger partial charge on any atom is 0.418 e. The molecule has 0 unspecified atom stereocenters. The summed E-state index contributed by atoms with van der Waals surface area (Å²) in [6.45, 7) is -0.842. The van der Waals surface area contributed by atoms with E-state index in [1.165, 1.54) is 6.07 Å². The Kier molecular flexibility index (Phi) is 5.58. The molecule has 9 nitrogen and oxygen atoms in total. The van der Waals surface area contributed by atoms with Gasteiger partial charge in [-0.1, -0.05) is 12.1 Å². The van der Waals surface area contributed by atoms with Gasteiger partial charge in [-0.2, -0.15) is 13.2 Å². The minimum absolute atomic E-state index is 0.440. The molecule has 1 N–H and O–H groups in total. The molecule has 142 valence electrons. The molecule has 0 aliphatic rings. The fourth-order valence-corrected chi connectivity index (χ4v) is 2.05. The van der Waals surface area contributed by atoms with Crippen LogP contribution in [0.15, 0.2) is 42.5 Å². The second kappa shape index (κ2) is 7.68. The minimum atomic E-state index is -4.69. The molecule has 0 atom stereocenters. The number of carbonyl (C=O) groups is 1. The van der Waals surface area contributed by atoms with Crippen molar-refractivity contribution in [3.63, 3.8) is 0 Å². The van der Waals surface area contributed by atoms with Crippen LogP contribution in [0.2, 0.25) is 0 Å². The van der Waals surface area contributed by atoms with E-state index in [0.29, 0.717) is 6.07 Å². The van der Waals surface area contributed by atoms with Crippen molar-refractivity contribution in [3.05, 3.63) is 68.3 Å². The number of benzene rings is 2. The molecule has 0 aliphatic carbocycles. The maximum absolute atomic E-state index is 12.9. The fourth-order valence-electron chi connectivity index (χ4n) is 2.05. The summed E-state index contributed by atoms with van der Waals surface area (Å²) < 4.78 is 43.6. The van der Waals surface area contributed by atoms with Gasteiger partial charge in [0, 0.05) is 6.07 Å². The number of nitrogens with zero attached hydrogens (tertiary/aromatic N) is 2. The first-order chi connectivity index (χ1) is 12.6. The highest BCUT2D eigenvalue weighted by atomic mass is 19.4. The van der Waals surface area contributed by atoms with Gasteiger partial charge >= 0.3 is 11.9 Å². The number of nitrogens with one attached hydrogen (secondary N) is 1. The summed E-state index contributed by atoms with van der Waals surface area (Å²) in [4.78, 5) is 31.7. The third kappa shape index (κ3) is 4.90. The van der Waals surface area contributed by atoms with Crippen LogP contribution < -0.4 is 10.1 Å². The number of carbonyl (C=O) groups excluding carboxylic acids is 1. The predicted molar refractivity (Wildman–Crippen MR) is 85.3 cm³/mol. The molecule has 2 aromatic carbocycles. The Morgan fingerprint density at radius 3 is 2.33 bits per heavy atom. The second-order valence-corrected chi connectivity index (χ2v) is 5.05. The molecule has 0 heterocycles. The summed E-state index contributed by atoms with van der Waals surface area (Å²) in [5.41, 5.74) is -2.89. The molecule has 0 spiro atoms. The Hall–Kier alpha value is -3.70. The normalized spacial score (nSPS) is 10.9. The molecule has 0 bridgehead atoms. The summed E-state index contributed by atoms with van der Waals surface area (Å²) in [5, 5.41) is 23.6. The number of hydrogen-bond donors (Lipinski definition) is 1. The number of rotatable bonds is 6. The molecular formula is C15H10F3N3O6. The number of para-hydroxylation sites is 1. The lowest BCUT2D eigenvalue weighted by molar-refractivity contribution is -0.394. The van der Waals surface area contributed by atoms with Gasteiger partial charge < -0.3 is 10.1 Å². The van der Waals surface area contributed by atoms with Crippen molar-refractivity contribution in [2.24, 2.45) is 0 Å². The lowest BCUT2D eigenvalue weighted by Gasteiger charge is -2.13. The molecular weight excluding hydrogens is 375 g/mol. The first kappa shape index (κ1) is 19.6. The smallest absolute Gasteiger partial charge is 0.418 e. The summed E-state index contributed by atoms with van der Waals surface area (Å²) in [5.74, 6) is -1.44. The zero-order valence-electron chi connectivity index (χ0n) is 13.2. The van der Waals surface area contributed by atoms with Gasteiger partial charge in [-0.15, -0.1) is 0 Å². The summed E-state index contributed by atoms with van der Waals surface area (Å²) in [6.07, 6.45) is -4.69. The van der Waals surface area contributed by atoms with Crippen molar-refractivity contribution >= 4 is 23.0 Å². The van der Waals surface area contributed by atoms with Crippen molar-refractivity contribution in [1.82, 2.24) is 0 Å². The first-order valence-electron chi connectivity index (χ1n) is 7.11. The third-order valence-corrected chi connectivity index (χ3v) is 3.22. The molecule has 0 aliphatic heterocycles. The summed E-state index contributed by atoms with van der Waals surface area (Å²) >= 11 is 0. The van der Waals surface area contributed by atoms with E-state index in [2.05, 4.69) is 0 Å². The number of nitro benzene ring substituents is 2. The van der Waals surface area contributed by atoms with Gasteiger partial charge in [-0.25, -0.2) is 0 Å². The molecule has 1 amide bonds. The largest absolute Gasteiger partial charge is 0.477 e. The van der Waals surface area contributed by atoms with Crippen molar-refractivity contribution in [2.75, 3.05) is 11.9 Å². The van der Waals surface area contributed by atoms with Gasteiger partial charge in [0.25, 0.3) is 11.6 Å². The molecule has 0 radical (unpaired) electrons. The van der Waals surface area contributed by atoms with Crippen LogP contribution in [0.3, 0.4) is 0 Å². The predicted octanol–water partition coefficient (Wildman–Crippen LogP) is 3.54. The highest BCUT2D eigenvalue weighted by Gasteiger charge is 2.33. The number of halogens is 3. The van der Waals surface area contributed by atoms with Crippen LogP contribution in [-0.2, 0) is 11.0 Å². The van der Waals surface area contributed by atoms with E-state index < -0.39 is 56.9 Å². The minimum Gasteiger partial charge on any atom is -0.477 e. The highest BCUT2D eigenvalue weighted by molar-refractivity contribution is 5.92. The van der Waals surface area contributed by atoms with E-state index in [4.69, 9.17) is 4.74 Å². The van der Waals surface area contributed by atoms with E-state index >= 15 is 0 Å². The van der Waals surface area contributed by atoms with Gasteiger partial charge in [-0.3, -0.25) is 25.0 Å². The van der Waals surface area contributed by atoms with E-state index in [1.807, 2.05) is 5.32 Å². The Bertz CT molecular complexity index is 901. The van der Waals surface area contributed by atoms with E-state index in [9.17, 15) is 38.2 Å². The Labute approximate surface area is 148 Å².